The second-order valence-electron chi connectivity index (χ2n) is 11.9. The molecule has 0 aliphatic rings. The van der Waals surface area contributed by atoms with Crippen LogP contribution in [0.15, 0.2) is 135 Å². The summed E-state index contributed by atoms with van der Waals surface area (Å²) < 4.78 is 20.7. The van der Waals surface area contributed by atoms with Crippen molar-refractivity contribution >= 4 is 21.5 Å². The lowest BCUT2D eigenvalue weighted by atomic mass is 9.86. The van der Waals surface area contributed by atoms with E-state index >= 15 is 0 Å². The van der Waals surface area contributed by atoms with Gasteiger partial charge in [-0.05, 0) is 68.1 Å². The fourth-order valence-electron chi connectivity index (χ4n) is 6.33. The van der Waals surface area contributed by atoms with Crippen LogP contribution in [-0.2, 0) is 27.2 Å². The van der Waals surface area contributed by atoms with E-state index in [0.717, 1.165) is 37.4 Å². The summed E-state index contributed by atoms with van der Waals surface area (Å²) in [5, 5.41) is 4.96. The monoisotopic (exact) mass is 608 g/mol. The number of hydrogen-bond acceptors (Lipinski definition) is 2. The first kappa shape index (κ1) is 29.4. The third-order valence-corrected chi connectivity index (χ3v) is 8.52. The third-order valence-electron chi connectivity index (χ3n) is 8.52. The number of nitrogens with zero attached hydrogens (tertiary/aromatic N) is 4. The van der Waals surface area contributed by atoms with Crippen LogP contribution in [0.4, 0.5) is 0 Å². The Kier molecular flexibility index (Phi) is 8.51. The topological polar surface area (TPSA) is 36.1 Å². The molecule has 0 amide bonds. The third kappa shape index (κ3) is 6.38. The minimum atomic E-state index is 0.679. The molecule has 230 valence electrons. The molecule has 0 N–H and O–H groups in total. The van der Waals surface area contributed by atoms with Gasteiger partial charge in [-0.3, -0.25) is 0 Å². The summed E-state index contributed by atoms with van der Waals surface area (Å²) in [5.41, 5.74) is 4.86. The highest BCUT2D eigenvalue weighted by molar-refractivity contribution is 6.21. The number of aryl methyl sites for hydroxylation is 4. The molecule has 0 atom stereocenters. The van der Waals surface area contributed by atoms with Crippen molar-refractivity contribution in [2.75, 3.05) is 13.2 Å². The molecule has 0 aliphatic heterocycles. The number of imidazole rings is 2. The van der Waals surface area contributed by atoms with Crippen molar-refractivity contribution in [3.05, 3.63) is 135 Å². The van der Waals surface area contributed by atoms with Crippen LogP contribution in [0.2, 0.25) is 0 Å². The fraction of sp³-hybridized carbons (Fsp3) is 0.200. The van der Waals surface area contributed by atoms with Crippen LogP contribution in [0.1, 0.15) is 12.8 Å². The summed E-state index contributed by atoms with van der Waals surface area (Å²) in [6, 6.07) is 34.7. The molecule has 46 heavy (non-hydrogen) atoms. The first-order chi connectivity index (χ1) is 22.6. The number of aromatic nitrogens is 4. The maximum absolute atomic E-state index is 6.11. The van der Waals surface area contributed by atoms with Crippen LogP contribution in [0, 0.1) is 0 Å². The molecular formula is C40H40N4O2+2. The normalized spacial score (nSPS) is 11.3. The van der Waals surface area contributed by atoms with Crippen molar-refractivity contribution in [3.8, 4) is 33.8 Å². The number of hydrogen-bond donors (Lipinski definition) is 0. The van der Waals surface area contributed by atoms with E-state index in [4.69, 9.17) is 9.47 Å². The van der Waals surface area contributed by atoms with Crippen LogP contribution in [0.3, 0.4) is 0 Å². The summed E-state index contributed by atoms with van der Waals surface area (Å²) in [7, 11) is 4.08. The van der Waals surface area contributed by atoms with E-state index in [1.54, 1.807) is 0 Å². The summed E-state index contributed by atoms with van der Waals surface area (Å²) >= 11 is 0. The Morgan fingerprint density at radius 2 is 0.870 bits per heavy atom. The molecule has 0 bridgehead atoms. The Labute approximate surface area is 270 Å². The molecule has 0 fully saturated rings. The molecule has 7 rings (SSSR count). The largest absolute Gasteiger partial charge is 0.493 e. The van der Waals surface area contributed by atoms with Crippen LogP contribution in [0.5, 0.6) is 11.5 Å². The average molecular weight is 609 g/mol. The highest BCUT2D eigenvalue weighted by atomic mass is 16.5. The standard InChI is InChI=1S/C40H40N4O2/c1-41-23-25-43(29-41)21-7-27-45-33-17-13-31(14-18-33)39-35-9-3-5-11-37(35)40(38-12-6-4-10-36(38)39)32-15-19-34(20-16-32)46-28-8-22-44-26-24-42(2)30-44/h3-6,9-20,23-26,29-30H,7-8,21-22,27-28H2,1-2H3/q+2. The SMILES string of the molecule is C[n+]1ccn(CCCOc2ccc(-c3c4ccccc4c(-c4ccc(OCCCn5cc[n+](C)c5)cc4)c4ccccc34)cc2)c1. The van der Waals surface area contributed by atoms with Gasteiger partial charge in [-0.2, -0.15) is 0 Å². The van der Waals surface area contributed by atoms with E-state index in [9.17, 15) is 0 Å². The Morgan fingerprint density at radius 3 is 1.20 bits per heavy atom. The Hall–Kier alpha value is -5.36. The van der Waals surface area contributed by atoms with Crippen molar-refractivity contribution in [3.63, 3.8) is 0 Å². The van der Waals surface area contributed by atoms with Crippen molar-refractivity contribution in [2.45, 2.75) is 25.9 Å². The molecule has 0 saturated carbocycles. The van der Waals surface area contributed by atoms with Gasteiger partial charge in [-0.1, -0.05) is 72.8 Å². The highest BCUT2D eigenvalue weighted by Gasteiger charge is 2.16. The maximum Gasteiger partial charge on any atom is 0.243 e. The van der Waals surface area contributed by atoms with Gasteiger partial charge in [-0.15, -0.1) is 0 Å². The molecule has 7 aromatic rings. The predicted molar refractivity (Wildman–Crippen MR) is 184 cm³/mol. The lowest BCUT2D eigenvalue weighted by molar-refractivity contribution is -0.671. The van der Waals surface area contributed by atoms with Crippen LogP contribution in [-0.4, -0.2) is 22.3 Å². The molecule has 0 saturated heterocycles. The van der Waals surface area contributed by atoms with Crippen LogP contribution >= 0.6 is 0 Å². The number of ether oxygens (including phenoxy) is 2. The van der Waals surface area contributed by atoms with E-state index < -0.39 is 0 Å². The Morgan fingerprint density at radius 1 is 0.500 bits per heavy atom. The second-order valence-corrected chi connectivity index (χ2v) is 11.9. The minimum absolute atomic E-state index is 0.679. The summed E-state index contributed by atoms with van der Waals surface area (Å²) in [5.74, 6) is 1.79. The van der Waals surface area contributed by atoms with Crippen molar-refractivity contribution in [1.82, 2.24) is 9.13 Å². The zero-order valence-corrected chi connectivity index (χ0v) is 26.5. The van der Waals surface area contributed by atoms with Gasteiger partial charge in [0.1, 0.15) is 36.3 Å². The first-order valence-electron chi connectivity index (χ1n) is 16.0. The molecule has 5 aromatic carbocycles. The van der Waals surface area contributed by atoms with E-state index in [2.05, 4.69) is 153 Å². The molecule has 2 aromatic heterocycles. The van der Waals surface area contributed by atoms with E-state index in [-0.39, 0.29) is 0 Å². The minimum Gasteiger partial charge on any atom is -0.493 e. The van der Waals surface area contributed by atoms with E-state index in [1.165, 1.54) is 43.8 Å². The summed E-state index contributed by atoms with van der Waals surface area (Å²) in [4.78, 5) is 0. The van der Waals surface area contributed by atoms with Gasteiger partial charge >= 0.3 is 0 Å². The Bertz CT molecular complexity index is 1870. The van der Waals surface area contributed by atoms with Crippen molar-refractivity contribution in [2.24, 2.45) is 14.1 Å². The number of benzene rings is 5. The Balaban J connectivity index is 1.12. The quantitative estimate of drug-likeness (QED) is 0.0818. The fourth-order valence-corrected chi connectivity index (χ4v) is 6.33. The zero-order valence-electron chi connectivity index (χ0n) is 26.5. The smallest absolute Gasteiger partial charge is 0.243 e. The second kappa shape index (κ2) is 13.3. The molecule has 0 unspecified atom stereocenters. The summed E-state index contributed by atoms with van der Waals surface area (Å²) in [6.45, 7) is 3.23. The zero-order chi connectivity index (χ0) is 31.3. The van der Waals surface area contributed by atoms with Gasteiger partial charge in [-0.25, -0.2) is 18.3 Å². The average Bonchev–Trinajstić information content (AvgIpc) is 3.71. The van der Waals surface area contributed by atoms with Gasteiger partial charge in [0.15, 0.2) is 0 Å². The van der Waals surface area contributed by atoms with Gasteiger partial charge in [0.25, 0.3) is 0 Å². The lowest BCUT2D eigenvalue weighted by Gasteiger charge is -2.18. The van der Waals surface area contributed by atoms with E-state index in [0.29, 0.717) is 13.2 Å². The van der Waals surface area contributed by atoms with Gasteiger partial charge in [0.05, 0.1) is 40.4 Å². The van der Waals surface area contributed by atoms with Crippen molar-refractivity contribution < 1.29 is 18.6 Å². The number of fused-ring (bicyclic) bond motifs is 2. The van der Waals surface area contributed by atoms with E-state index in [1.807, 2.05) is 14.1 Å². The summed E-state index contributed by atoms with van der Waals surface area (Å²) in [6.07, 6.45) is 14.4. The predicted octanol–water partition coefficient (Wildman–Crippen LogP) is 7.52. The first-order valence-corrected chi connectivity index (χ1v) is 16.0. The molecule has 0 radical (unpaired) electrons. The maximum atomic E-state index is 6.11. The van der Waals surface area contributed by atoms with Crippen molar-refractivity contribution in [1.29, 1.82) is 0 Å². The molecule has 6 heteroatoms. The number of rotatable bonds is 12. The van der Waals surface area contributed by atoms with Crippen LogP contribution < -0.4 is 18.6 Å². The molecule has 0 spiro atoms. The molecular weight excluding hydrogens is 568 g/mol. The highest BCUT2D eigenvalue weighted by Crippen LogP contribution is 2.44. The molecule has 0 aliphatic carbocycles. The van der Waals surface area contributed by atoms with Gasteiger partial charge in [0.2, 0.25) is 12.7 Å². The van der Waals surface area contributed by atoms with Gasteiger partial charge < -0.3 is 9.47 Å². The molecule has 2 heterocycles. The van der Waals surface area contributed by atoms with Gasteiger partial charge in [0, 0.05) is 12.8 Å². The van der Waals surface area contributed by atoms with Crippen LogP contribution in [0.25, 0.3) is 43.8 Å². The lowest BCUT2D eigenvalue weighted by Crippen LogP contribution is -2.23. The molecule has 6 nitrogen and oxygen atoms in total.